The Morgan fingerprint density at radius 3 is 2.46 bits per heavy atom. The molecule has 2 bridgehead atoms. The Balaban J connectivity index is 1.22. The number of fused-ring (bicyclic) bond motifs is 2. The minimum atomic E-state index is 0.189. The molecule has 0 aliphatic carbocycles. The number of piperidine rings is 1. The largest absolute Gasteiger partial charge is 0.507 e. The molecule has 182 valence electrons. The van der Waals surface area contributed by atoms with E-state index in [1.165, 1.54) is 5.69 Å². The van der Waals surface area contributed by atoms with Crippen molar-refractivity contribution in [1.29, 1.82) is 0 Å². The molecule has 0 saturated carbocycles. The molecule has 3 fully saturated rings. The van der Waals surface area contributed by atoms with Crippen LogP contribution in [0.5, 0.6) is 11.5 Å². The van der Waals surface area contributed by atoms with Crippen LogP contribution in [0.2, 0.25) is 0 Å². The summed E-state index contributed by atoms with van der Waals surface area (Å²) in [6.07, 6.45) is 4.69. The first kappa shape index (κ1) is 22.0. The van der Waals surface area contributed by atoms with Crippen molar-refractivity contribution in [2.45, 2.75) is 43.9 Å². The maximum absolute atomic E-state index is 10.3. The van der Waals surface area contributed by atoms with Crippen LogP contribution in [0.1, 0.15) is 25.7 Å². The molecule has 1 aromatic heterocycles. The molecule has 3 aromatic rings. The van der Waals surface area contributed by atoms with Gasteiger partial charge in [0.1, 0.15) is 17.6 Å². The zero-order valence-electron chi connectivity index (χ0n) is 19.8. The van der Waals surface area contributed by atoms with Gasteiger partial charge in [0.25, 0.3) is 0 Å². The minimum absolute atomic E-state index is 0.189. The summed E-state index contributed by atoms with van der Waals surface area (Å²) in [6.45, 7) is 3.78. The van der Waals surface area contributed by atoms with E-state index in [1.54, 1.807) is 12.1 Å². The van der Waals surface area contributed by atoms with Crippen LogP contribution in [-0.4, -0.2) is 59.7 Å². The number of rotatable bonds is 5. The number of benzene rings is 2. The summed E-state index contributed by atoms with van der Waals surface area (Å²) < 4.78 is 6.32. The van der Waals surface area contributed by atoms with Gasteiger partial charge < -0.3 is 30.7 Å². The van der Waals surface area contributed by atoms with E-state index in [-0.39, 0.29) is 5.75 Å². The van der Waals surface area contributed by atoms with E-state index in [0.29, 0.717) is 35.3 Å². The van der Waals surface area contributed by atoms with Gasteiger partial charge in [0.15, 0.2) is 5.82 Å². The fourth-order valence-corrected chi connectivity index (χ4v) is 5.81. The number of piperazine rings is 1. The van der Waals surface area contributed by atoms with Gasteiger partial charge >= 0.3 is 0 Å². The second-order valence-corrected chi connectivity index (χ2v) is 9.78. The van der Waals surface area contributed by atoms with Gasteiger partial charge in [-0.05, 0) is 69.1 Å². The number of anilines is 3. The highest BCUT2D eigenvalue weighted by atomic mass is 16.5. The molecule has 0 radical (unpaired) electrons. The van der Waals surface area contributed by atoms with Crippen molar-refractivity contribution in [3.8, 4) is 22.8 Å². The number of nitrogens with two attached hydrogens (primary N) is 1. The normalized spacial score (nSPS) is 22.4. The molecule has 0 unspecified atom stereocenters. The third-order valence-corrected chi connectivity index (χ3v) is 7.51. The van der Waals surface area contributed by atoms with Crippen LogP contribution in [-0.2, 0) is 0 Å². The van der Waals surface area contributed by atoms with Crippen molar-refractivity contribution in [1.82, 2.24) is 15.5 Å². The lowest BCUT2D eigenvalue weighted by molar-refractivity contribution is 0.162. The highest BCUT2D eigenvalue weighted by Gasteiger charge is 2.40. The SMILES string of the molecule is Nc1nnc(-c2ccccc2O)cc1N1C[C@H]2CC[C@@H](C1)N2c1cccc(OC2CCNCC2)c1. The van der Waals surface area contributed by atoms with Gasteiger partial charge in [-0.2, -0.15) is 0 Å². The van der Waals surface area contributed by atoms with Gasteiger partial charge in [-0.3, -0.25) is 0 Å². The molecule has 3 saturated heterocycles. The summed E-state index contributed by atoms with van der Waals surface area (Å²) in [5.41, 5.74) is 9.70. The van der Waals surface area contributed by atoms with Crippen LogP contribution in [0, 0.1) is 0 Å². The second-order valence-electron chi connectivity index (χ2n) is 9.78. The highest BCUT2D eigenvalue weighted by Crippen LogP contribution is 2.39. The zero-order valence-corrected chi connectivity index (χ0v) is 19.8. The molecular formula is C27H32N6O2. The Kier molecular flexibility index (Phi) is 5.82. The van der Waals surface area contributed by atoms with Crippen molar-refractivity contribution < 1.29 is 9.84 Å². The monoisotopic (exact) mass is 472 g/mol. The summed E-state index contributed by atoms with van der Waals surface area (Å²) in [7, 11) is 0. The Morgan fingerprint density at radius 1 is 0.914 bits per heavy atom. The van der Waals surface area contributed by atoms with Crippen molar-refractivity contribution in [2.24, 2.45) is 0 Å². The molecule has 6 rings (SSSR count). The Bertz CT molecular complexity index is 1180. The first-order valence-corrected chi connectivity index (χ1v) is 12.6. The number of nitrogens with zero attached hydrogens (tertiary/aromatic N) is 4. The Morgan fingerprint density at radius 2 is 1.69 bits per heavy atom. The highest BCUT2D eigenvalue weighted by molar-refractivity contribution is 5.74. The van der Waals surface area contributed by atoms with E-state index >= 15 is 0 Å². The predicted octanol–water partition coefficient (Wildman–Crippen LogP) is 3.42. The van der Waals surface area contributed by atoms with Gasteiger partial charge in [0.2, 0.25) is 0 Å². The molecule has 8 heteroatoms. The maximum atomic E-state index is 10.3. The second kappa shape index (κ2) is 9.26. The van der Waals surface area contributed by atoms with Crippen molar-refractivity contribution in [3.63, 3.8) is 0 Å². The summed E-state index contributed by atoms with van der Waals surface area (Å²) >= 11 is 0. The van der Waals surface area contributed by atoms with Gasteiger partial charge in [0, 0.05) is 42.5 Å². The van der Waals surface area contributed by atoms with E-state index in [4.69, 9.17) is 10.5 Å². The number of phenolic OH excluding ortho intramolecular Hbond substituents is 1. The number of ether oxygens (including phenoxy) is 1. The van der Waals surface area contributed by atoms with Gasteiger partial charge in [-0.25, -0.2) is 0 Å². The van der Waals surface area contributed by atoms with Crippen LogP contribution < -0.4 is 25.6 Å². The molecule has 0 spiro atoms. The average Bonchev–Trinajstić information content (AvgIpc) is 3.15. The molecule has 3 aliphatic heterocycles. The summed E-state index contributed by atoms with van der Waals surface area (Å²) in [6, 6.07) is 18.5. The topological polar surface area (TPSA) is 99.8 Å². The van der Waals surface area contributed by atoms with Crippen LogP contribution >= 0.6 is 0 Å². The quantitative estimate of drug-likeness (QED) is 0.520. The number of phenols is 1. The third kappa shape index (κ3) is 4.34. The number of para-hydroxylation sites is 1. The molecule has 8 nitrogen and oxygen atoms in total. The summed E-state index contributed by atoms with van der Waals surface area (Å²) in [4.78, 5) is 4.91. The molecule has 2 aromatic carbocycles. The number of nitrogen functional groups attached to an aromatic ring is 1. The average molecular weight is 473 g/mol. The van der Waals surface area contributed by atoms with E-state index in [1.807, 2.05) is 18.2 Å². The van der Waals surface area contributed by atoms with E-state index in [0.717, 1.165) is 63.3 Å². The molecule has 3 aliphatic rings. The minimum Gasteiger partial charge on any atom is -0.507 e. The first-order valence-electron chi connectivity index (χ1n) is 12.6. The first-order chi connectivity index (χ1) is 17.2. The van der Waals surface area contributed by atoms with E-state index in [2.05, 4.69) is 49.6 Å². The van der Waals surface area contributed by atoms with Crippen LogP contribution in [0.4, 0.5) is 17.2 Å². The fourth-order valence-electron chi connectivity index (χ4n) is 5.81. The number of aromatic nitrogens is 2. The molecule has 0 amide bonds. The molecule has 4 heterocycles. The summed E-state index contributed by atoms with van der Waals surface area (Å²) in [5.74, 6) is 1.58. The Hall–Kier alpha value is -3.52. The fraction of sp³-hybridized carbons (Fsp3) is 0.407. The van der Waals surface area contributed by atoms with E-state index < -0.39 is 0 Å². The number of hydrogen-bond acceptors (Lipinski definition) is 8. The lowest BCUT2D eigenvalue weighted by Gasteiger charge is -2.43. The van der Waals surface area contributed by atoms with Crippen LogP contribution in [0.25, 0.3) is 11.3 Å². The summed E-state index contributed by atoms with van der Waals surface area (Å²) in [5, 5.41) is 22.2. The van der Waals surface area contributed by atoms with Crippen molar-refractivity contribution in [3.05, 3.63) is 54.6 Å². The van der Waals surface area contributed by atoms with Crippen LogP contribution in [0.3, 0.4) is 0 Å². The molecule has 4 N–H and O–H groups in total. The third-order valence-electron chi connectivity index (χ3n) is 7.51. The number of hydrogen-bond donors (Lipinski definition) is 3. The maximum Gasteiger partial charge on any atom is 0.169 e. The van der Waals surface area contributed by atoms with E-state index in [9.17, 15) is 5.11 Å². The predicted molar refractivity (Wildman–Crippen MR) is 138 cm³/mol. The zero-order chi connectivity index (χ0) is 23.8. The van der Waals surface area contributed by atoms with Gasteiger partial charge in [-0.1, -0.05) is 18.2 Å². The number of nitrogens with one attached hydrogen (secondary N) is 1. The molecule has 2 atom stereocenters. The Labute approximate surface area is 205 Å². The van der Waals surface area contributed by atoms with Crippen LogP contribution in [0.15, 0.2) is 54.6 Å². The smallest absolute Gasteiger partial charge is 0.169 e. The lowest BCUT2D eigenvalue weighted by atomic mass is 10.1. The molecule has 35 heavy (non-hydrogen) atoms. The standard InChI is InChI=1S/C27H32N6O2/c28-27-25(15-24(30-31-27)23-6-1-2-7-26(23)34)32-16-19-8-9-20(17-32)33(19)18-4-3-5-22(14-18)35-21-10-12-29-13-11-21/h1-7,14-15,19-21,29,34H,8-13,16-17H2,(H2,28,31)/t19-,20+. The molecular weight excluding hydrogens is 440 g/mol. The van der Waals surface area contributed by atoms with Gasteiger partial charge in [0.05, 0.1) is 11.4 Å². The van der Waals surface area contributed by atoms with Crippen molar-refractivity contribution >= 4 is 17.2 Å². The van der Waals surface area contributed by atoms with Gasteiger partial charge in [-0.15, -0.1) is 10.2 Å². The van der Waals surface area contributed by atoms with Crippen molar-refractivity contribution in [2.75, 3.05) is 41.7 Å². The lowest BCUT2D eigenvalue weighted by Crippen LogP contribution is -2.54. The number of aromatic hydroxyl groups is 1.